The number of nitrogens with zero attached hydrogens (tertiary/aromatic N) is 2. The Morgan fingerprint density at radius 1 is 1.20 bits per heavy atom. The smallest absolute Gasteiger partial charge is 0.131 e. The third-order valence-electron chi connectivity index (χ3n) is 1.62. The highest BCUT2D eigenvalue weighted by molar-refractivity contribution is 4.92. The predicted octanol–water partition coefficient (Wildman–Crippen LogP) is -0.195. The van der Waals surface area contributed by atoms with Crippen LogP contribution in [-0.4, -0.2) is 16.2 Å². The lowest BCUT2D eigenvalue weighted by Gasteiger charge is -2.29. The van der Waals surface area contributed by atoms with Crippen molar-refractivity contribution in [2.24, 2.45) is 17.6 Å². The van der Waals surface area contributed by atoms with Crippen LogP contribution in [0.5, 0.6) is 0 Å². The van der Waals surface area contributed by atoms with Crippen LogP contribution in [0.2, 0.25) is 0 Å². The van der Waals surface area contributed by atoms with Crippen molar-refractivity contribution in [1.29, 1.82) is 0 Å². The highest BCUT2D eigenvalue weighted by atomic mass is 15.6. The van der Waals surface area contributed by atoms with Crippen LogP contribution < -0.4 is 11.7 Å². The first-order valence-electron chi connectivity index (χ1n) is 3.37. The summed E-state index contributed by atoms with van der Waals surface area (Å²) in [7, 11) is 0. The fourth-order valence-electron chi connectivity index (χ4n) is 1.17. The summed E-state index contributed by atoms with van der Waals surface area (Å²) in [5.41, 5.74) is 0. The molecule has 0 radical (unpaired) electrons. The zero-order valence-electron chi connectivity index (χ0n) is 6.36. The molecule has 1 rings (SSSR count). The number of rotatable bonds is 1. The Hall–Kier alpha value is -0.740. The molecule has 0 aliphatic carbocycles. The van der Waals surface area contributed by atoms with Crippen LogP contribution in [0.1, 0.15) is 13.8 Å². The van der Waals surface area contributed by atoms with E-state index in [0.29, 0.717) is 5.92 Å². The lowest BCUT2D eigenvalue weighted by molar-refractivity contribution is 0.109. The maximum Gasteiger partial charge on any atom is 0.131 e. The van der Waals surface area contributed by atoms with Crippen LogP contribution in [0, 0.1) is 5.92 Å². The summed E-state index contributed by atoms with van der Waals surface area (Å²) in [4.78, 5) is 0. The van der Waals surface area contributed by atoms with Crippen molar-refractivity contribution in [3.05, 3.63) is 12.4 Å². The lowest BCUT2D eigenvalue weighted by Crippen LogP contribution is -2.48. The van der Waals surface area contributed by atoms with Gasteiger partial charge in [0.2, 0.25) is 0 Å². The Balaban J connectivity index is 2.60. The topological polar surface area (TPSA) is 58.5 Å². The van der Waals surface area contributed by atoms with Crippen molar-refractivity contribution < 1.29 is 0 Å². The Labute approximate surface area is 61.0 Å². The first-order valence-corrected chi connectivity index (χ1v) is 3.37. The van der Waals surface area contributed by atoms with Gasteiger partial charge in [0.15, 0.2) is 0 Å². The molecule has 0 aromatic carbocycles. The molecule has 0 saturated carbocycles. The molecule has 1 aliphatic heterocycles. The van der Waals surface area contributed by atoms with E-state index in [1.807, 2.05) is 0 Å². The fourth-order valence-corrected chi connectivity index (χ4v) is 1.17. The molecule has 0 aromatic rings. The Morgan fingerprint density at radius 2 is 1.60 bits per heavy atom. The molecule has 0 spiro atoms. The van der Waals surface area contributed by atoms with E-state index >= 15 is 0 Å². The van der Waals surface area contributed by atoms with Gasteiger partial charge in [-0.1, -0.05) is 13.8 Å². The molecule has 1 aliphatic rings. The van der Waals surface area contributed by atoms with Crippen LogP contribution in [0.15, 0.2) is 12.4 Å². The van der Waals surface area contributed by atoms with Gasteiger partial charge in [-0.15, -0.1) is 0 Å². The normalized spacial score (nSPS) is 19.7. The summed E-state index contributed by atoms with van der Waals surface area (Å²) < 4.78 is 0. The molecule has 0 saturated heterocycles. The van der Waals surface area contributed by atoms with Crippen molar-refractivity contribution in [2.75, 3.05) is 0 Å². The molecule has 0 fully saturated rings. The monoisotopic (exact) mass is 142 g/mol. The van der Waals surface area contributed by atoms with E-state index in [-0.39, 0.29) is 6.17 Å². The molecule has 4 heteroatoms. The first kappa shape index (κ1) is 7.37. The third kappa shape index (κ3) is 1.08. The average Bonchev–Trinajstić information content (AvgIpc) is 2.11. The molecular formula is C6H14N4. The van der Waals surface area contributed by atoms with Gasteiger partial charge in [0, 0.05) is 12.4 Å². The highest BCUT2D eigenvalue weighted by Gasteiger charge is 2.24. The fraction of sp³-hybridized carbons (Fsp3) is 0.667. The minimum absolute atomic E-state index is 0.111. The third-order valence-corrected chi connectivity index (χ3v) is 1.62. The van der Waals surface area contributed by atoms with Crippen molar-refractivity contribution in [1.82, 2.24) is 10.0 Å². The zero-order chi connectivity index (χ0) is 7.72. The van der Waals surface area contributed by atoms with Crippen molar-refractivity contribution >= 4 is 0 Å². The van der Waals surface area contributed by atoms with Gasteiger partial charge in [-0.3, -0.25) is 10.0 Å². The quantitative estimate of drug-likeness (QED) is 0.498. The van der Waals surface area contributed by atoms with Gasteiger partial charge in [0.1, 0.15) is 6.17 Å². The molecule has 0 bridgehead atoms. The van der Waals surface area contributed by atoms with Crippen molar-refractivity contribution in [3.8, 4) is 0 Å². The van der Waals surface area contributed by atoms with E-state index in [1.54, 1.807) is 22.4 Å². The van der Waals surface area contributed by atoms with E-state index in [0.717, 1.165) is 0 Å². The molecule has 0 atom stereocenters. The van der Waals surface area contributed by atoms with Gasteiger partial charge < -0.3 is 0 Å². The summed E-state index contributed by atoms with van der Waals surface area (Å²) in [6.07, 6.45) is 3.65. The Kier molecular flexibility index (Phi) is 1.82. The summed E-state index contributed by atoms with van der Waals surface area (Å²) >= 11 is 0. The van der Waals surface area contributed by atoms with E-state index in [2.05, 4.69) is 13.8 Å². The number of hydrazine groups is 2. The second-order valence-corrected chi connectivity index (χ2v) is 2.85. The summed E-state index contributed by atoms with van der Waals surface area (Å²) in [5, 5.41) is 3.23. The lowest BCUT2D eigenvalue weighted by atomic mass is 10.1. The predicted molar refractivity (Wildman–Crippen MR) is 39.8 cm³/mol. The van der Waals surface area contributed by atoms with Crippen molar-refractivity contribution in [2.45, 2.75) is 20.0 Å². The molecule has 10 heavy (non-hydrogen) atoms. The van der Waals surface area contributed by atoms with Crippen LogP contribution in [-0.2, 0) is 0 Å². The van der Waals surface area contributed by atoms with Gasteiger partial charge in [0.25, 0.3) is 0 Å². The number of hydrogen-bond acceptors (Lipinski definition) is 4. The second kappa shape index (κ2) is 2.48. The van der Waals surface area contributed by atoms with E-state index in [1.165, 1.54) is 0 Å². The Morgan fingerprint density at radius 3 is 1.80 bits per heavy atom. The zero-order valence-corrected chi connectivity index (χ0v) is 6.36. The molecular weight excluding hydrogens is 128 g/mol. The molecule has 4 N–H and O–H groups in total. The van der Waals surface area contributed by atoms with Gasteiger partial charge in [-0.2, -0.15) is 0 Å². The minimum atomic E-state index is 0.111. The average molecular weight is 142 g/mol. The van der Waals surface area contributed by atoms with Crippen LogP contribution in [0.4, 0.5) is 0 Å². The maximum atomic E-state index is 5.60. The largest absolute Gasteiger partial charge is 0.293 e. The first-order chi connectivity index (χ1) is 4.63. The Bertz CT molecular complexity index is 131. The molecule has 1 heterocycles. The number of hydrogen-bond donors (Lipinski definition) is 2. The molecule has 0 amide bonds. The standard InChI is InChI=1S/C6H14N4/c1-5(2)6-9(7)3-4-10(6)8/h3-6H,7-8H2,1-2H3. The van der Waals surface area contributed by atoms with E-state index < -0.39 is 0 Å². The summed E-state index contributed by atoms with van der Waals surface area (Å²) in [6, 6.07) is 0. The second-order valence-electron chi connectivity index (χ2n) is 2.85. The molecule has 4 nitrogen and oxygen atoms in total. The van der Waals surface area contributed by atoms with Crippen molar-refractivity contribution in [3.63, 3.8) is 0 Å². The maximum absolute atomic E-state index is 5.60. The van der Waals surface area contributed by atoms with E-state index in [9.17, 15) is 0 Å². The number of nitrogens with two attached hydrogens (primary N) is 2. The van der Waals surface area contributed by atoms with Gasteiger partial charge in [-0.05, 0) is 5.92 Å². The van der Waals surface area contributed by atoms with E-state index in [4.69, 9.17) is 11.7 Å². The van der Waals surface area contributed by atoms with Gasteiger partial charge >= 0.3 is 0 Å². The highest BCUT2D eigenvalue weighted by Crippen LogP contribution is 2.15. The minimum Gasteiger partial charge on any atom is -0.293 e. The summed E-state index contributed by atoms with van der Waals surface area (Å²) in [5.74, 6) is 11.6. The van der Waals surface area contributed by atoms with Crippen LogP contribution in [0.3, 0.4) is 0 Å². The van der Waals surface area contributed by atoms with Gasteiger partial charge in [0.05, 0.1) is 0 Å². The van der Waals surface area contributed by atoms with Gasteiger partial charge in [-0.25, -0.2) is 11.7 Å². The molecule has 0 unspecified atom stereocenters. The molecule has 58 valence electrons. The summed E-state index contributed by atoms with van der Waals surface area (Å²) in [6.45, 7) is 4.16. The molecule has 0 aromatic heterocycles. The SMILES string of the molecule is CC(C)C1N(N)C=CN1N. The van der Waals surface area contributed by atoms with Crippen LogP contribution in [0.25, 0.3) is 0 Å². The van der Waals surface area contributed by atoms with Crippen LogP contribution >= 0.6 is 0 Å².